The van der Waals surface area contributed by atoms with E-state index in [1.54, 1.807) is 12.5 Å². The van der Waals surface area contributed by atoms with Crippen molar-refractivity contribution in [2.45, 2.75) is 12.5 Å². The third kappa shape index (κ3) is 3.45. The van der Waals surface area contributed by atoms with Gasteiger partial charge in [-0.3, -0.25) is 0 Å². The zero-order chi connectivity index (χ0) is 13.7. The molecular weight excluding hydrogens is 244 g/mol. The quantitative estimate of drug-likeness (QED) is 0.825. The number of aliphatic hydroxyl groups excluding tert-OH is 1. The van der Waals surface area contributed by atoms with Crippen molar-refractivity contribution in [2.75, 3.05) is 30.9 Å². The Labute approximate surface area is 112 Å². The Morgan fingerprint density at radius 2 is 2.26 bits per heavy atom. The maximum Gasteiger partial charge on any atom is 0.225 e. The minimum Gasteiger partial charge on any atom is -0.467 e. The number of aliphatic hydroxyl groups is 1. The number of rotatable bonds is 6. The van der Waals surface area contributed by atoms with Gasteiger partial charge in [-0.2, -0.15) is 4.98 Å². The third-order valence-electron chi connectivity index (χ3n) is 2.71. The summed E-state index contributed by atoms with van der Waals surface area (Å²) in [5.41, 5.74) is 0. The van der Waals surface area contributed by atoms with Gasteiger partial charge in [0.25, 0.3) is 0 Å². The lowest BCUT2D eigenvalue weighted by Crippen LogP contribution is -2.16. The molecule has 2 N–H and O–H groups in total. The van der Waals surface area contributed by atoms with Gasteiger partial charge in [0.2, 0.25) is 5.95 Å². The zero-order valence-electron chi connectivity index (χ0n) is 11.1. The summed E-state index contributed by atoms with van der Waals surface area (Å²) in [7, 11) is 3.84. The van der Waals surface area contributed by atoms with E-state index in [1.807, 2.05) is 37.2 Å². The van der Waals surface area contributed by atoms with Crippen molar-refractivity contribution in [1.29, 1.82) is 0 Å². The van der Waals surface area contributed by atoms with E-state index in [1.165, 1.54) is 0 Å². The molecule has 0 bridgehead atoms. The monoisotopic (exact) mass is 262 g/mol. The summed E-state index contributed by atoms with van der Waals surface area (Å²) < 4.78 is 5.36. The Morgan fingerprint density at radius 3 is 2.89 bits per heavy atom. The van der Waals surface area contributed by atoms with Gasteiger partial charge in [-0.05, 0) is 24.6 Å². The number of hydrogen-bond acceptors (Lipinski definition) is 6. The van der Waals surface area contributed by atoms with Crippen LogP contribution in [0.1, 0.15) is 18.2 Å². The first-order valence-corrected chi connectivity index (χ1v) is 6.12. The highest BCUT2D eigenvalue weighted by Crippen LogP contribution is 2.21. The molecule has 0 amide bonds. The lowest BCUT2D eigenvalue weighted by Gasteiger charge is -2.17. The number of nitrogens with one attached hydrogen (secondary N) is 1. The van der Waals surface area contributed by atoms with Gasteiger partial charge in [0.1, 0.15) is 11.6 Å². The van der Waals surface area contributed by atoms with Gasteiger partial charge in [-0.1, -0.05) is 0 Å². The predicted octanol–water partition coefficient (Wildman–Crippen LogP) is 1.67. The summed E-state index contributed by atoms with van der Waals surface area (Å²) in [6, 6.07) is 5.37. The lowest BCUT2D eigenvalue weighted by atomic mass is 10.1. The van der Waals surface area contributed by atoms with Crippen LogP contribution in [0.25, 0.3) is 0 Å². The first-order chi connectivity index (χ1) is 9.20. The molecular formula is C13H18N4O2. The first kappa shape index (κ1) is 13.4. The fraction of sp³-hybridized carbons (Fsp3) is 0.385. The van der Waals surface area contributed by atoms with E-state index in [2.05, 4.69) is 15.3 Å². The second-order valence-electron chi connectivity index (χ2n) is 4.36. The van der Waals surface area contributed by atoms with Crippen molar-refractivity contribution in [2.24, 2.45) is 0 Å². The maximum atomic E-state index is 9.13. The van der Waals surface area contributed by atoms with E-state index in [0.717, 1.165) is 11.6 Å². The average molecular weight is 262 g/mol. The van der Waals surface area contributed by atoms with E-state index in [0.29, 0.717) is 12.4 Å². The van der Waals surface area contributed by atoms with Crippen molar-refractivity contribution >= 4 is 11.8 Å². The fourth-order valence-electron chi connectivity index (χ4n) is 1.73. The smallest absolute Gasteiger partial charge is 0.225 e. The highest BCUT2D eigenvalue weighted by molar-refractivity contribution is 5.41. The minimum absolute atomic E-state index is 0.0612. The van der Waals surface area contributed by atoms with Crippen LogP contribution in [0.15, 0.2) is 35.1 Å². The normalized spacial score (nSPS) is 12.2. The molecule has 1 atom stereocenters. The van der Waals surface area contributed by atoms with Crippen LogP contribution in [0.5, 0.6) is 0 Å². The van der Waals surface area contributed by atoms with Gasteiger partial charge in [-0.25, -0.2) is 4.98 Å². The Bertz CT molecular complexity index is 499. The van der Waals surface area contributed by atoms with E-state index in [4.69, 9.17) is 9.52 Å². The molecule has 0 aliphatic heterocycles. The zero-order valence-corrected chi connectivity index (χ0v) is 11.1. The molecule has 6 heteroatoms. The maximum absolute atomic E-state index is 9.13. The molecule has 1 unspecified atom stereocenters. The summed E-state index contributed by atoms with van der Waals surface area (Å²) in [4.78, 5) is 10.5. The number of anilines is 2. The Hall–Kier alpha value is -2.08. The molecule has 19 heavy (non-hydrogen) atoms. The molecule has 0 aliphatic carbocycles. The Balaban J connectivity index is 2.15. The molecule has 2 aromatic rings. The molecule has 2 rings (SSSR count). The average Bonchev–Trinajstić information content (AvgIpc) is 2.92. The van der Waals surface area contributed by atoms with Crippen LogP contribution in [0.2, 0.25) is 0 Å². The van der Waals surface area contributed by atoms with Crippen LogP contribution in [-0.4, -0.2) is 35.8 Å². The second-order valence-corrected chi connectivity index (χ2v) is 4.36. The van der Waals surface area contributed by atoms with Gasteiger partial charge >= 0.3 is 0 Å². The Morgan fingerprint density at radius 1 is 1.42 bits per heavy atom. The number of nitrogens with zero attached hydrogens (tertiary/aromatic N) is 3. The van der Waals surface area contributed by atoms with Crippen LogP contribution in [-0.2, 0) is 0 Å². The molecule has 0 spiro atoms. The topological polar surface area (TPSA) is 74.4 Å². The number of aromatic nitrogens is 2. The number of furan rings is 1. The van der Waals surface area contributed by atoms with Crippen LogP contribution >= 0.6 is 0 Å². The Kier molecular flexibility index (Phi) is 4.35. The molecule has 0 aliphatic rings. The molecule has 0 saturated carbocycles. The van der Waals surface area contributed by atoms with E-state index in [9.17, 15) is 0 Å². The predicted molar refractivity (Wildman–Crippen MR) is 73.1 cm³/mol. The van der Waals surface area contributed by atoms with E-state index < -0.39 is 0 Å². The first-order valence-electron chi connectivity index (χ1n) is 6.12. The van der Waals surface area contributed by atoms with Crippen molar-refractivity contribution in [3.8, 4) is 0 Å². The molecule has 0 fully saturated rings. The fourth-order valence-corrected chi connectivity index (χ4v) is 1.73. The molecule has 0 saturated heterocycles. The van der Waals surface area contributed by atoms with Gasteiger partial charge in [0.15, 0.2) is 0 Å². The largest absolute Gasteiger partial charge is 0.467 e. The third-order valence-corrected chi connectivity index (χ3v) is 2.71. The minimum atomic E-state index is -0.141. The molecule has 0 aromatic carbocycles. The molecule has 2 aromatic heterocycles. The van der Waals surface area contributed by atoms with Crippen molar-refractivity contribution in [3.05, 3.63) is 36.4 Å². The highest BCUT2D eigenvalue weighted by atomic mass is 16.3. The van der Waals surface area contributed by atoms with Crippen LogP contribution in [0, 0.1) is 0 Å². The molecule has 6 nitrogen and oxygen atoms in total. The second kappa shape index (κ2) is 6.19. The van der Waals surface area contributed by atoms with Crippen molar-refractivity contribution in [3.63, 3.8) is 0 Å². The van der Waals surface area contributed by atoms with Crippen LogP contribution in [0.4, 0.5) is 11.8 Å². The number of hydrogen-bond donors (Lipinski definition) is 2. The molecule has 0 radical (unpaired) electrons. The SMILES string of the molecule is CN(C)c1ccnc(NC(CCO)c2ccco2)n1. The standard InChI is InChI=1S/C13H18N4O2/c1-17(2)12-5-7-14-13(16-12)15-10(6-8-18)11-4-3-9-19-11/h3-5,7,9-10,18H,6,8H2,1-2H3,(H,14,15,16). The van der Waals surface area contributed by atoms with Crippen molar-refractivity contribution < 1.29 is 9.52 Å². The summed E-state index contributed by atoms with van der Waals surface area (Å²) in [5.74, 6) is 2.09. The lowest BCUT2D eigenvalue weighted by molar-refractivity contribution is 0.273. The highest BCUT2D eigenvalue weighted by Gasteiger charge is 2.15. The van der Waals surface area contributed by atoms with Gasteiger partial charge < -0.3 is 19.7 Å². The van der Waals surface area contributed by atoms with Crippen LogP contribution < -0.4 is 10.2 Å². The van der Waals surface area contributed by atoms with Gasteiger partial charge in [0, 0.05) is 26.9 Å². The van der Waals surface area contributed by atoms with Crippen molar-refractivity contribution in [1.82, 2.24) is 9.97 Å². The van der Waals surface area contributed by atoms with E-state index in [-0.39, 0.29) is 12.6 Å². The summed E-state index contributed by atoms with van der Waals surface area (Å²) in [6.45, 7) is 0.0612. The van der Waals surface area contributed by atoms with Crippen LogP contribution in [0.3, 0.4) is 0 Å². The van der Waals surface area contributed by atoms with E-state index >= 15 is 0 Å². The van der Waals surface area contributed by atoms with Gasteiger partial charge in [0.05, 0.1) is 12.3 Å². The van der Waals surface area contributed by atoms with Gasteiger partial charge in [-0.15, -0.1) is 0 Å². The summed E-state index contributed by atoms with van der Waals surface area (Å²) in [6.07, 6.45) is 3.84. The summed E-state index contributed by atoms with van der Waals surface area (Å²) >= 11 is 0. The molecule has 102 valence electrons. The summed E-state index contributed by atoms with van der Waals surface area (Å²) in [5, 5.41) is 12.3. The molecule has 2 heterocycles.